The number of amides is 2. The Bertz CT molecular complexity index is 531. The van der Waals surface area contributed by atoms with Crippen LogP contribution in [0.4, 0.5) is 10.5 Å². The van der Waals surface area contributed by atoms with E-state index in [2.05, 4.69) is 0 Å². The van der Waals surface area contributed by atoms with Crippen molar-refractivity contribution in [2.75, 3.05) is 25.6 Å². The Kier molecular flexibility index (Phi) is 4.32. The highest BCUT2D eigenvalue weighted by Crippen LogP contribution is 2.23. The van der Waals surface area contributed by atoms with Crippen molar-refractivity contribution in [2.45, 2.75) is 18.6 Å². The number of nitrogens with zero attached hydrogens (tertiary/aromatic N) is 2. The van der Waals surface area contributed by atoms with E-state index in [1.165, 1.54) is 9.80 Å². The Balaban J connectivity index is 2.15. The van der Waals surface area contributed by atoms with Crippen molar-refractivity contribution in [3.8, 4) is 5.75 Å². The molecule has 0 radical (unpaired) electrons. The minimum atomic E-state index is -1.11. The summed E-state index contributed by atoms with van der Waals surface area (Å²) in [6, 6.07) is 5.40. The SMILES string of the molecule is COc1ccc(N(C)C(=O)N2C[C@H](O)C[C@H]2C(=O)O)cc1. The molecule has 1 heterocycles. The number of carbonyl (C=O) groups is 2. The van der Waals surface area contributed by atoms with Crippen molar-refractivity contribution in [1.29, 1.82) is 0 Å². The monoisotopic (exact) mass is 294 g/mol. The van der Waals surface area contributed by atoms with Crippen molar-refractivity contribution in [1.82, 2.24) is 4.90 Å². The minimum Gasteiger partial charge on any atom is -0.497 e. The van der Waals surface area contributed by atoms with E-state index in [0.717, 1.165) is 0 Å². The van der Waals surface area contributed by atoms with E-state index in [0.29, 0.717) is 11.4 Å². The van der Waals surface area contributed by atoms with Crippen LogP contribution in [-0.4, -0.2) is 60.0 Å². The Morgan fingerprint density at radius 1 is 1.33 bits per heavy atom. The van der Waals surface area contributed by atoms with Gasteiger partial charge in [-0.2, -0.15) is 0 Å². The second-order valence-electron chi connectivity index (χ2n) is 4.94. The summed E-state index contributed by atoms with van der Waals surface area (Å²) in [6.07, 6.45) is -0.753. The largest absolute Gasteiger partial charge is 0.497 e. The number of benzene rings is 1. The van der Waals surface area contributed by atoms with Gasteiger partial charge in [0.05, 0.1) is 13.2 Å². The number of carbonyl (C=O) groups excluding carboxylic acids is 1. The Labute approximate surface area is 122 Å². The molecule has 1 saturated heterocycles. The molecule has 21 heavy (non-hydrogen) atoms. The molecular weight excluding hydrogens is 276 g/mol. The minimum absolute atomic E-state index is 0.0241. The van der Waals surface area contributed by atoms with Crippen LogP contribution in [0.15, 0.2) is 24.3 Å². The quantitative estimate of drug-likeness (QED) is 0.859. The highest BCUT2D eigenvalue weighted by molar-refractivity contribution is 5.94. The second kappa shape index (κ2) is 6.01. The van der Waals surface area contributed by atoms with Crippen LogP contribution in [0.25, 0.3) is 0 Å². The van der Waals surface area contributed by atoms with Crippen LogP contribution in [0.3, 0.4) is 0 Å². The molecule has 7 heteroatoms. The average molecular weight is 294 g/mol. The number of likely N-dealkylation sites (tertiary alicyclic amines) is 1. The third-order valence-corrected chi connectivity index (χ3v) is 3.56. The molecule has 0 bridgehead atoms. The Morgan fingerprint density at radius 3 is 2.48 bits per heavy atom. The van der Waals surface area contributed by atoms with E-state index in [4.69, 9.17) is 9.84 Å². The van der Waals surface area contributed by atoms with Crippen molar-refractivity contribution < 1.29 is 24.5 Å². The molecule has 114 valence electrons. The first kappa shape index (κ1) is 15.1. The summed E-state index contributed by atoms with van der Waals surface area (Å²) in [6.45, 7) is 0.0241. The number of carboxylic acid groups (broad SMARTS) is 1. The van der Waals surface area contributed by atoms with Gasteiger partial charge in [-0.05, 0) is 24.3 Å². The van der Waals surface area contributed by atoms with E-state index in [1.807, 2.05) is 0 Å². The van der Waals surface area contributed by atoms with Crippen LogP contribution in [0.5, 0.6) is 5.75 Å². The van der Waals surface area contributed by atoms with Crippen molar-refractivity contribution >= 4 is 17.7 Å². The smallest absolute Gasteiger partial charge is 0.326 e. The molecule has 0 unspecified atom stereocenters. The van der Waals surface area contributed by atoms with Gasteiger partial charge < -0.3 is 19.8 Å². The van der Waals surface area contributed by atoms with Gasteiger partial charge in [-0.15, -0.1) is 0 Å². The number of rotatable bonds is 3. The van der Waals surface area contributed by atoms with E-state index in [-0.39, 0.29) is 13.0 Å². The lowest BCUT2D eigenvalue weighted by Crippen LogP contribution is -2.47. The topological polar surface area (TPSA) is 90.3 Å². The van der Waals surface area contributed by atoms with Crippen LogP contribution >= 0.6 is 0 Å². The van der Waals surface area contributed by atoms with Crippen LogP contribution < -0.4 is 9.64 Å². The molecule has 0 saturated carbocycles. The molecule has 2 atom stereocenters. The lowest BCUT2D eigenvalue weighted by atomic mass is 10.2. The highest BCUT2D eigenvalue weighted by Gasteiger charge is 2.40. The number of hydrogen-bond donors (Lipinski definition) is 2. The molecule has 2 rings (SSSR count). The number of aliphatic hydroxyl groups is 1. The summed E-state index contributed by atoms with van der Waals surface area (Å²) in [4.78, 5) is 26.1. The molecule has 0 spiro atoms. The lowest BCUT2D eigenvalue weighted by molar-refractivity contribution is -0.141. The first-order valence-corrected chi connectivity index (χ1v) is 6.53. The zero-order chi connectivity index (χ0) is 15.6. The number of ether oxygens (including phenoxy) is 1. The van der Waals surface area contributed by atoms with Crippen molar-refractivity contribution in [2.24, 2.45) is 0 Å². The summed E-state index contributed by atoms with van der Waals surface area (Å²) >= 11 is 0. The van der Waals surface area contributed by atoms with Gasteiger partial charge in [0, 0.05) is 25.7 Å². The Morgan fingerprint density at radius 2 is 1.95 bits per heavy atom. The number of urea groups is 1. The summed E-state index contributed by atoms with van der Waals surface area (Å²) in [5, 5.41) is 18.7. The van der Waals surface area contributed by atoms with Crippen LogP contribution in [0, 0.1) is 0 Å². The van der Waals surface area contributed by atoms with Gasteiger partial charge in [0.2, 0.25) is 0 Å². The van der Waals surface area contributed by atoms with Crippen LogP contribution in [0.2, 0.25) is 0 Å². The fourth-order valence-electron chi connectivity index (χ4n) is 2.37. The van der Waals surface area contributed by atoms with Gasteiger partial charge >= 0.3 is 12.0 Å². The lowest BCUT2D eigenvalue weighted by Gasteiger charge is -2.27. The molecule has 7 nitrogen and oxygen atoms in total. The molecule has 2 N–H and O–H groups in total. The maximum atomic E-state index is 12.4. The van der Waals surface area contributed by atoms with Crippen LogP contribution in [-0.2, 0) is 4.79 Å². The maximum Gasteiger partial charge on any atom is 0.326 e. The van der Waals surface area contributed by atoms with Gasteiger partial charge in [-0.25, -0.2) is 9.59 Å². The number of anilines is 1. The highest BCUT2D eigenvalue weighted by atomic mass is 16.5. The first-order chi connectivity index (χ1) is 9.93. The van der Waals surface area contributed by atoms with Gasteiger partial charge in [0.25, 0.3) is 0 Å². The van der Waals surface area contributed by atoms with Gasteiger partial charge in [-0.3, -0.25) is 4.90 Å². The molecule has 1 aromatic carbocycles. The Hall–Kier alpha value is -2.28. The van der Waals surface area contributed by atoms with Crippen molar-refractivity contribution in [3.63, 3.8) is 0 Å². The molecule has 1 aliphatic heterocycles. The van der Waals surface area contributed by atoms with E-state index >= 15 is 0 Å². The number of methoxy groups -OCH3 is 1. The first-order valence-electron chi connectivity index (χ1n) is 6.53. The summed E-state index contributed by atoms with van der Waals surface area (Å²) in [5.74, 6) is -0.442. The third-order valence-electron chi connectivity index (χ3n) is 3.56. The van der Waals surface area contributed by atoms with E-state index < -0.39 is 24.1 Å². The maximum absolute atomic E-state index is 12.4. The number of hydrogen-bond acceptors (Lipinski definition) is 4. The standard InChI is InChI=1S/C14H18N2O5/c1-15(9-3-5-11(21-2)6-4-9)14(20)16-8-10(17)7-12(16)13(18)19/h3-6,10,12,17H,7-8H2,1-2H3,(H,18,19)/t10-,12+/m1/s1. The molecule has 1 aromatic rings. The molecule has 0 aromatic heterocycles. The number of aliphatic carboxylic acids is 1. The summed E-state index contributed by atoms with van der Waals surface area (Å²) < 4.78 is 5.05. The molecule has 2 amide bonds. The van der Waals surface area contributed by atoms with Gasteiger partial charge in [-0.1, -0.05) is 0 Å². The van der Waals surface area contributed by atoms with E-state index in [1.54, 1.807) is 38.4 Å². The predicted molar refractivity (Wildman–Crippen MR) is 75.5 cm³/mol. The zero-order valence-corrected chi connectivity index (χ0v) is 11.9. The zero-order valence-electron chi connectivity index (χ0n) is 11.9. The second-order valence-corrected chi connectivity index (χ2v) is 4.94. The molecule has 1 fully saturated rings. The summed E-state index contributed by atoms with van der Waals surface area (Å²) in [7, 11) is 3.11. The molecule has 0 aliphatic carbocycles. The fraction of sp³-hybridized carbons (Fsp3) is 0.429. The number of aliphatic hydroxyl groups excluding tert-OH is 1. The van der Waals surface area contributed by atoms with Gasteiger partial charge in [0.1, 0.15) is 11.8 Å². The predicted octanol–water partition coefficient (Wildman–Crippen LogP) is 0.771. The van der Waals surface area contributed by atoms with E-state index in [9.17, 15) is 14.7 Å². The number of carboxylic acids is 1. The number of β-amino-alcohol motifs (C(OH)–C–C–N with tert-alkyl or cyclic N) is 1. The normalized spacial score (nSPS) is 21.2. The molecule has 1 aliphatic rings. The summed E-state index contributed by atoms with van der Waals surface area (Å²) in [5.41, 5.74) is 0.617. The van der Waals surface area contributed by atoms with Crippen molar-refractivity contribution in [3.05, 3.63) is 24.3 Å². The van der Waals surface area contributed by atoms with Crippen LogP contribution in [0.1, 0.15) is 6.42 Å². The average Bonchev–Trinajstić information content (AvgIpc) is 2.88. The fourth-order valence-corrected chi connectivity index (χ4v) is 2.37. The molecular formula is C14H18N2O5. The van der Waals surface area contributed by atoms with Gasteiger partial charge in [0.15, 0.2) is 0 Å². The third kappa shape index (κ3) is 3.08.